The topological polar surface area (TPSA) is 66.4 Å². The molecule has 0 aliphatic rings. The Kier molecular flexibility index (Phi) is 18.2. The van der Waals surface area contributed by atoms with Crippen LogP contribution >= 0.6 is 0 Å². The number of ether oxygens (including phenoxy) is 1. The summed E-state index contributed by atoms with van der Waals surface area (Å²) in [5.41, 5.74) is 0.981. The van der Waals surface area contributed by atoms with E-state index >= 15 is 0 Å². The highest BCUT2D eigenvalue weighted by molar-refractivity contribution is 7.85. The number of benzene rings is 1. The van der Waals surface area contributed by atoms with E-state index in [9.17, 15) is 13.0 Å². The molecule has 5 nitrogen and oxygen atoms in total. The quantitative estimate of drug-likeness (QED) is 0.133. The minimum atomic E-state index is -4.13. The van der Waals surface area contributed by atoms with Gasteiger partial charge in [-0.05, 0) is 49.8 Å². The van der Waals surface area contributed by atoms with Crippen LogP contribution in [-0.2, 0) is 10.1 Å². The summed E-state index contributed by atoms with van der Waals surface area (Å²) in [5, 5.41) is 0. The molecule has 0 saturated heterocycles. The van der Waals surface area contributed by atoms with E-state index in [4.69, 9.17) is 4.74 Å². The summed E-state index contributed by atoms with van der Waals surface area (Å²) in [6, 6.07) is 7.21. The molecule has 0 saturated carbocycles. The van der Waals surface area contributed by atoms with Crippen LogP contribution in [0.1, 0.15) is 91.0 Å². The van der Waals surface area contributed by atoms with Crippen molar-refractivity contribution in [3.05, 3.63) is 36.4 Å². The fourth-order valence-electron chi connectivity index (χ4n) is 3.77. The van der Waals surface area contributed by atoms with Gasteiger partial charge in [0.1, 0.15) is 5.75 Å². The molecule has 0 radical (unpaired) electrons. The minimum Gasteiger partial charge on any atom is -0.748 e. The Bertz CT molecular complexity index is 664. The van der Waals surface area contributed by atoms with E-state index in [0.29, 0.717) is 5.75 Å². The Hall–Kier alpha value is -1.37. The molecule has 0 N–H and O–H groups in total. The maximum Gasteiger partial charge on any atom is 0.119 e. The van der Waals surface area contributed by atoms with E-state index in [1.165, 1.54) is 82.0 Å². The van der Waals surface area contributed by atoms with Crippen LogP contribution in [-0.4, -0.2) is 56.0 Å². The van der Waals surface area contributed by atoms with Gasteiger partial charge in [0, 0.05) is 5.75 Å². The third-order valence-corrected chi connectivity index (χ3v) is 6.66. The normalized spacial score (nSPS) is 11.5. The van der Waals surface area contributed by atoms with Crippen molar-refractivity contribution in [1.82, 2.24) is 0 Å². The summed E-state index contributed by atoms with van der Waals surface area (Å²) in [5.74, 6) is 0.256. The van der Waals surface area contributed by atoms with Gasteiger partial charge >= 0.3 is 0 Å². The molecule has 0 aliphatic heterocycles. The Balaban J connectivity index is 0.000000621. The zero-order valence-electron chi connectivity index (χ0n) is 21.7. The Morgan fingerprint density at radius 1 is 0.818 bits per heavy atom. The van der Waals surface area contributed by atoms with Crippen molar-refractivity contribution in [3.8, 4) is 5.75 Å². The van der Waals surface area contributed by atoms with Gasteiger partial charge < -0.3 is 13.8 Å². The lowest BCUT2D eigenvalue weighted by Crippen LogP contribution is -2.50. The summed E-state index contributed by atoms with van der Waals surface area (Å²) in [7, 11) is -4.13. The molecule has 0 unspecified atom stereocenters. The Labute approximate surface area is 204 Å². The monoisotopic (exact) mass is 483 g/mol. The second kappa shape index (κ2) is 19.0. The number of nitrogens with zero attached hydrogens (tertiary/aromatic N) is 1. The van der Waals surface area contributed by atoms with Crippen molar-refractivity contribution < 1.29 is 22.2 Å². The third kappa shape index (κ3) is 16.8. The van der Waals surface area contributed by atoms with Gasteiger partial charge in [0.15, 0.2) is 0 Å². The number of hydrogen-bond donors (Lipinski definition) is 0. The first-order valence-corrected chi connectivity index (χ1v) is 14.5. The molecular weight excluding hydrogens is 434 g/mol. The number of unbranched alkanes of at least 4 members (excludes halogenated alkanes) is 4. The fraction of sp³-hybridized carbons (Fsp3) is 0.704. The minimum absolute atomic E-state index is 0.203. The molecule has 0 amide bonds. The second-order valence-electron chi connectivity index (χ2n) is 8.89. The molecule has 192 valence electrons. The van der Waals surface area contributed by atoms with Crippen LogP contribution < -0.4 is 4.74 Å². The molecule has 0 fully saturated rings. The first-order valence-electron chi connectivity index (χ1n) is 12.9. The van der Waals surface area contributed by atoms with Crippen LogP contribution in [0.3, 0.4) is 0 Å². The molecule has 1 aromatic carbocycles. The van der Waals surface area contributed by atoms with Gasteiger partial charge in [0.25, 0.3) is 0 Å². The maximum absolute atomic E-state index is 10.3. The predicted octanol–water partition coefficient (Wildman–Crippen LogP) is 6.65. The van der Waals surface area contributed by atoms with Gasteiger partial charge in [-0.3, -0.25) is 0 Å². The molecule has 0 bridgehead atoms. The Morgan fingerprint density at radius 3 is 1.58 bits per heavy atom. The third-order valence-electron chi connectivity index (χ3n) is 5.87. The molecule has 0 aromatic heterocycles. The summed E-state index contributed by atoms with van der Waals surface area (Å²) in [6.45, 7) is 18.9. The first kappa shape index (κ1) is 31.6. The van der Waals surface area contributed by atoms with E-state index in [2.05, 4.69) is 34.3 Å². The van der Waals surface area contributed by atoms with Crippen LogP contribution in [0.15, 0.2) is 30.8 Å². The van der Waals surface area contributed by atoms with E-state index < -0.39 is 15.9 Å². The van der Waals surface area contributed by atoms with Gasteiger partial charge in [-0.2, -0.15) is 0 Å². The SMILES string of the molecule is C=Cc1ccc(OCCCS(=O)(=O)[O-])cc1.CCCC[N+](CCCC)(CCCC)CCCC. The van der Waals surface area contributed by atoms with Gasteiger partial charge in [-0.1, -0.05) is 78.2 Å². The fourth-order valence-corrected chi connectivity index (χ4v) is 4.24. The van der Waals surface area contributed by atoms with Gasteiger partial charge in [0.2, 0.25) is 0 Å². The Morgan fingerprint density at radius 2 is 1.24 bits per heavy atom. The molecule has 0 spiro atoms. The van der Waals surface area contributed by atoms with E-state index in [0.717, 1.165) is 5.56 Å². The molecular formula is C27H49NO4S. The predicted molar refractivity (Wildman–Crippen MR) is 141 cm³/mol. The van der Waals surface area contributed by atoms with Crippen LogP contribution in [0.5, 0.6) is 5.75 Å². The summed E-state index contributed by atoms with van der Waals surface area (Å²) in [4.78, 5) is 0. The van der Waals surface area contributed by atoms with E-state index in [1.807, 2.05) is 12.1 Å². The van der Waals surface area contributed by atoms with Crippen LogP contribution in [0.2, 0.25) is 0 Å². The smallest absolute Gasteiger partial charge is 0.119 e. The lowest BCUT2D eigenvalue weighted by Gasteiger charge is -2.39. The summed E-state index contributed by atoms with van der Waals surface area (Å²) in [6.07, 6.45) is 13.0. The standard InChI is InChI=1S/C16H36N.C11H14O4S/c1-5-9-13-17(14-10-6-2,15-11-7-3)16-12-8-4;1-2-10-4-6-11(7-5-10)15-8-3-9-16(12,13)14/h5-16H2,1-4H3;2,4-7H,1,3,8-9H2,(H,12,13,14)/q+1;/p-1. The van der Waals surface area contributed by atoms with E-state index in [-0.39, 0.29) is 13.0 Å². The number of hydrogen-bond acceptors (Lipinski definition) is 4. The number of rotatable bonds is 18. The van der Waals surface area contributed by atoms with Gasteiger partial charge in [-0.15, -0.1) is 0 Å². The van der Waals surface area contributed by atoms with Crippen LogP contribution in [0, 0.1) is 0 Å². The summed E-state index contributed by atoms with van der Waals surface area (Å²) < 4.78 is 37.6. The van der Waals surface area contributed by atoms with Crippen molar-refractivity contribution >= 4 is 16.2 Å². The number of quaternary nitrogens is 1. The zero-order valence-corrected chi connectivity index (χ0v) is 22.5. The van der Waals surface area contributed by atoms with Crippen molar-refractivity contribution in [2.45, 2.75) is 85.5 Å². The maximum atomic E-state index is 10.3. The van der Waals surface area contributed by atoms with Crippen molar-refractivity contribution in [3.63, 3.8) is 0 Å². The molecule has 0 atom stereocenters. The highest BCUT2D eigenvalue weighted by Crippen LogP contribution is 2.16. The molecule has 0 heterocycles. The second-order valence-corrected chi connectivity index (χ2v) is 10.4. The molecule has 0 aliphatic carbocycles. The average Bonchev–Trinajstić information content (AvgIpc) is 2.81. The summed E-state index contributed by atoms with van der Waals surface area (Å²) >= 11 is 0. The average molecular weight is 484 g/mol. The highest BCUT2D eigenvalue weighted by atomic mass is 32.2. The highest BCUT2D eigenvalue weighted by Gasteiger charge is 2.24. The lowest BCUT2D eigenvalue weighted by atomic mass is 10.1. The molecule has 1 rings (SSSR count). The molecule has 6 heteroatoms. The van der Waals surface area contributed by atoms with Gasteiger partial charge in [-0.25, -0.2) is 8.42 Å². The van der Waals surface area contributed by atoms with Crippen molar-refractivity contribution in [2.75, 3.05) is 38.5 Å². The van der Waals surface area contributed by atoms with Gasteiger partial charge in [0.05, 0.1) is 42.9 Å². The molecule has 33 heavy (non-hydrogen) atoms. The lowest BCUT2D eigenvalue weighted by molar-refractivity contribution is -0.929. The van der Waals surface area contributed by atoms with E-state index in [1.54, 1.807) is 18.2 Å². The van der Waals surface area contributed by atoms with Crippen LogP contribution in [0.4, 0.5) is 0 Å². The molecule has 1 aromatic rings. The largest absolute Gasteiger partial charge is 0.748 e. The van der Waals surface area contributed by atoms with Crippen LogP contribution in [0.25, 0.3) is 6.08 Å². The first-order chi connectivity index (χ1) is 15.8. The van der Waals surface area contributed by atoms with Crippen molar-refractivity contribution in [2.24, 2.45) is 0 Å². The van der Waals surface area contributed by atoms with Crippen molar-refractivity contribution in [1.29, 1.82) is 0 Å². The zero-order chi connectivity index (χ0) is 25.0.